The molecule has 0 N–H and O–H groups in total. The second kappa shape index (κ2) is 19.7. The lowest BCUT2D eigenvalue weighted by Crippen LogP contribution is -2.59. The van der Waals surface area contributed by atoms with E-state index in [1.165, 1.54) is 0 Å². The van der Waals surface area contributed by atoms with Crippen molar-refractivity contribution in [2.75, 3.05) is 4.90 Å². The SMILES string of the molecule is N#Cc1ccc(-n2c3ccccc3c3ccccc32)c(-c2ccc3c(c2)Oc2cc(-c4cc(C#N)ccc4-n4c5ccccc5c5ccccc54)cc4c2B3c2ccc(-n3c5ccccc5c5cc(C#N)ccc53)cc2N4c2ccccc2-c2ccccc2)c1. The number of ether oxygens (including phenoxy) is 1. The monoisotopic (exact) mass is 1140 g/mol. The van der Waals surface area contributed by atoms with Gasteiger partial charge >= 0.3 is 0 Å². The van der Waals surface area contributed by atoms with Crippen molar-refractivity contribution in [1.29, 1.82) is 15.8 Å². The maximum Gasteiger partial charge on any atom is 0.256 e. The fourth-order valence-corrected chi connectivity index (χ4v) is 14.7. The molecule has 3 aromatic heterocycles. The molecule has 8 nitrogen and oxygen atoms in total. The van der Waals surface area contributed by atoms with Gasteiger partial charge in [-0.2, -0.15) is 15.8 Å². The Morgan fingerprint density at radius 1 is 0.289 bits per heavy atom. The third-order valence-corrected chi connectivity index (χ3v) is 18.6. The van der Waals surface area contributed by atoms with E-state index in [1.807, 2.05) is 36.4 Å². The van der Waals surface area contributed by atoms with Crippen LogP contribution in [-0.4, -0.2) is 20.4 Å². The molecule has 9 heteroatoms. The molecule has 0 spiro atoms. The molecule has 0 radical (unpaired) electrons. The van der Waals surface area contributed by atoms with Gasteiger partial charge in [-0.3, -0.25) is 0 Å². The summed E-state index contributed by atoms with van der Waals surface area (Å²) in [5.74, 6) is 1.38. The summed E-state index contributed by atoms with van der Waals surface area (Å²) in [4.78, 5) is 2.43. The Balaban J connectivity index is 0.932. The minimum Gasteiger partial charge on any atom is -0.458 e. The quantitative estimate of drug-likeness (QED) is 0.148. The van der Waals surface area contributed by atoms with Crippen LogP contribution in [-0.2, 0) is 0 Å². The Bertz CT molecular complexity index is 5800. The largest absolute Gasteiger partial charge is 0.458 e. The average Bonchev–Trinajstić information content (AvgIpc) is 0.995. The van der Waals surface area contributed by atoms with Gasteiger partial charge in [0, 0.05) is 66.1 Å². The summed E-state index contributed by atoms with van der Waals surface area (Å²) < 4.78 is 14.6. The molecule has 414 valence electrons. The number of hydrogen-bond donors (Lipinski definition) is 0. The van der Waals surface area contributed by atoms with Crippen molar-refractivity contribution in [1.82, 2.24) is 13.7 Å². The molecule has 0 unspecified atom stereocenters. The zero-order valence-electron chi connectivity index (χ0n) is 48.2. The highest BCUT2D eigenvalue weighted by atomic mass is 16.5. The van der Waals surface area contributed by atoms with E-state index in [2.05, 4.69) is 279 Å². The van der Waals surface area contributed by atoms with E-state index >= 15 is 0 Å². The van der Waals surface area contributed by atoms with Gasteiger partial charge in [0.25, 0.3) is 6.71 Å². The van der Waals surface area contributed by atoms with Gasteiger partial charge in [0.15, 0.2) is 0 Å². The third-order valence-electron chi connectivity index (χ3n) is 18.6. The van der Waals surface area contributed by atoms with Crippen LogP contribution in [0.4, 0.5) is 17.1 Å². The number of hydrogen-bond acceptors (Lipinski definition) is 5. The van der Waals surface area contributed by atoms with Crippen LogP contribution in [0.5, 0.6) is 11.5 Å². The normalized spacial score (nSPS) is 12.2. The first-order valence-corrected chi connectivity index (χ1v) is 30.1. The maximum atomic E-state index is 10.8. The smallest absolute Gasteiger partial charge is 0.256 e. The highest BCUT2D eigenvalue weighted by Crippen LogP contribution is 2.49. The van der Waals surface area contributed by atoms with Crippen molar-refractivity contribution in [2.45, 2.75) is 0 Å². The molecule has 16 aromatic rings. The van der Waals surface area contributed by atoms with E-state index in [4.69, 9.17) is 4.74 Å². The summed E-state index contributed by atoms with van der Waals surface area (Å²) in [7, 11) is 0. The van der Waals surface area contributed by atoms with Crippen LogP contribution in [0.3, 0.4) is 0 Å². The van der Waals surface area contributed by atoms with Crippen molar-refractivity contribution in [3.05, 3.63) is 296 Å². The van der Waals surface area contributed by atoms with Crippen LogP contribution in [0, 0.1) is 34.0 Å². The number of nitrogens with zero attached hydrogens (tertiary/aromatic N) is 7. The van der Waals surface area contributed by atoms with Crippen LogP contribution in [0.25, 0.3) is 116 Å². The minimum atomic E-state index is -0.327. The molecule has 13 aromatic carbocycles. The highest BCUT2D eigenvalue weighted by molar-refractivity contribution is 6.99. The van der Waals surface area contributed by atoms with E-state index in [1.54, 1.807) is 0 Å². The fourth-order valence-electron chi connectivity index (χ4n) is 14.7. The fraction of sp³-hybridized carbons (Fsp3) is 0. The van der Waals surface area contributed by atoms with Crippen molar-refractivity contribution in [3.8, 4) is 80.1 Å². The van der Waals surface area contributed by atoms with Gasteiger partial charge in [0.05, 0.1) is 85.1 Å². The zero-order valence-corrected chi connectivity index (χ0v) is 48.2. The molecule has 0 bridgehead atoms. The van der Waals surface area contributed by atoms with Gasteiger partial charge in [0.2, 0.25) is 0 Å². The van der Waals surface area contributed by atoms with Crippen LogP contribution in [0.1, 0.15) is 16.7 Å². The Morgan fingerprint density at radius 2 is 0.767 bits per heavy atom. The molecule has 2 aliphatic rings. The number of nitriles is 3. The Hall–Kier alpha value is -12.6. The van der Waals surface area contributed by atoms with Gasteiger partial charge in [-0.1, -0.05) is 158 Å². The Kier molecular flexibility index (Phi) is 11.1. The number of aromatic nitrogens is 3. The molecular formula is C81H46BN7O. The lowest BCUT2D eigenvalue weighted by atomic mass is 9.34. The van der Waals surface area contributed by atoms with Crippen LogP contribution >= 0.6 is 0 Å². The summed E-state index contributed by atoms with van der Waals surface area (Å²) in [6.45, 7) is -0.327. The molecule has 0 aliphatic carbocycles. The summed E-state index contributed by atoms with van der Waals surface area (Å²) in [5, 5.41) is 38.2. The third kappa shape index (κ3) is 7.47. The summed E-state index contributed by atoms with van der Waals surface area (Å²) >= 11 is 0. The van der Waals surface area contributed by atoms with Gasteiger partial charge in [-0.25, -0.2) is 0 Å². The molecule has 0 fully saturated rings. The van der Waals surface area contributed by atoms with Crippen molar-refractivity contribution in [3.63, 3.8) is 0 Å². The molecule has 18 rings (SSSR count). The summed E-state index contributed by atoms with van der Waals surface area (Å²) in [6.07, 6.45) is 0. The number of fused-ring (bicyclic) bond motifs is 13. The molecular weight excluding hydrogens is 1100 g/mol. The van der Waals surface area contributed by atoms with E-state index in [0.717, 1.165) is 149 Å². The van der Waals surface area contributed by atoms with Gasteiger partial charge < -0.3 is 23.3 Å². The molecule has 0 saturated heterocycles. The lowest BCUT2D eigenvalue weighted by molar-refractivity contribution is 0.488. The number of rotatable bonds is 7. The molecule has 2 aliphatic heterocycles. The Labute approximate surface area is 517 Å². The van der Waals surface area contributed by atoms with E-state index in [0.29, 0.717) is 28.2 Å². The average molecular weight is 1140 g/mol. The summed E-state index contributed by atoms with van der Waals surface area (Å²) in [5.41, 5.74) is 22.4. The zero-order chi connectivity index (χ0) is 59.7. The minimum absolute atomic E-state index is 0.327. The molecule has 0 amide bonds. The van der Waals surface area contributed by atoms with E-state index in [-0.39, 0.29) is 6.71 Å². The van der Waals surface area contributed by atoms with E-state index in [9.17, 15) is 15.8 Å². The summed E-state index contributed by atoms with van der Waals surface area (Å²) in [6, 6.07) is 105. The molecule has 90 heavy (non-hydrogen) atoms. The maximum absolute atomic E-state index is 10.8. The van der Waals surface area contributed by atoms with Gasteiger partial charge in [-0.15, -0.1) is 0 Å². The standard InChI is InChI=1S/C81H46BN7O/c83-47-50-30-37-74(87-70-26-12-5-19-58(70)59-20-6-13-27-71(59)87)63(40-50)54-33-35-67-79(44-54)90-80-45-55(64-41-51(48-84)31-38-75(64)88-72-28-14-7-21-60(72)61-22-8-15-29-73(61)88)43-78-81(80)82(67)66-36-34-56(86-69-25-11-9-23-62(69)65-42-52(49-85)32-39-76(65)86)46-77(66)89(78)68-24-10-4-18-57(68)53-16-2-1-3-17-53/h1-46H. The highest BCUT2D eigenvalue weighted by Gasteiger charge is 2.43. The molecule has 5 heterocycles. The second-order valence-electron chi connectivity index (χ2n) is 23.3. The topological polar surface area (TPSA) is 98.6 Å². The number of para-hydroxylation sites is 6. The Morgan fingerprint density at radius 3 is 1.37 bits per heavy atom. The lowest BCUT2D eigenvalue weighted by Gasteiger charge is -2.41. The van der Waals surface area contributed by atoms with Crippen LogP contribution < -0.4 is 26.0 Å². The number of anilines is 3. The molecule has 0 saturated carbocycles. The number of benzene rings is 13. The van der Waals surface area contributed by atoms with Gasteiger partial charge in [0.1, 0.15) is 11.5 Å². The predicted octanol–water partition coefficient (Wildman–Crippen LogP) is 18.0. The first kappa shape index (κ1) is 50.7. The van der Waals surface area contributed by atoms with Gasteiger partial charge in [-0.05, 0) is 154 Å². The van der Waals surface area contributed by atoms with Crippen LogP contribution in [0.2, 0.25) is 0 Å². The second-order valence-corrected chi connectivity index (χ2v) is 23.3. The first-order chi connectivity index (χ1) is 44.5. The molecule has 0 atom stereocenters. The van der Waals surface area contributed by atoms with Crippen LogP contribution in [0.15, 0.2) is 279 Å². The van der Waals surface area contributed by atoms with Crippen molar-refractivity contribution in [2.24, 2.45) is 0 Å². The van der Waals surface area contributed by atoms with Crippen molar-refractivity contribution < 1.29 is 4.74 Å². The first-order valence-electron chi connectivity index (χ1n) is 30.1. The van der Waals surface area contributed by atoms with Crippen molar-refractivity contribution >= 4 is 106 Å². The van der Waals surface area contributed by atoms with E-state index < -0.39 is 0 Å². The predicted molar refractivity (Wildman–Crippen MR) is 366 cm³/mol.